The highest BCUT2D eigenvalue weighted by Crippen LogP contribution is 2.24. The molecule has 2 rings (SSSR count). The van der Waals surface area contributed by atoms with Crippen LogP contribution in [0.1, 0.15) is 46.5 Å². The van der Waals surface area contributed by atoms with Crippen molar-refractivity contribution in [1.82, 2.24) is 9.80 Å². The summed E-state index contributed by atoms with van der Waals surface area (Å²) >= 11 is 0. The number of carbonyl (C=O) groups is 1. The zero-order valence-electron chi connectivity index (χ0n) is 14.6. The molecule has 0 radical (unpaired) electrons. The van der Waals surface area contributed by atoms with E-state index < -0.39 is 5.60 Å². The van der Waals surface area contributed by atoms with E-state index in [-0.39, 0.29) is 6.09 Å². The average molecular weight is 312 g/mol. The van der Waals surface area contributed by atoms with Gasteiger partial charge in [0.2, 0.25) is 0 Å². The monoisotopic (exact) mass is 312 g/mol. The van der Waals surface area contributed by atoms with Gasteiger partial charge in [0, 0.05) is 32.8 Å². The van der Waals surface area contributed by atoms with Gasteiger partial charge < -0.3 is 14.4 Å². The maximum absolute atomic E-state index is 12.1. The summed E-state index contributed by atoms with van der Waals surface area (Å²) in [5.74, 6) is 0.669. The zero-order chi connectivity index (χ0) is 16.2. The molecule has 1 unspecified atom stereocenters. The number of ether oxygens (including phenoxy) is 2. The maximum atomic E-state index is 12.1. The Morgan fingerprint density at radius 2 is 1.82 bits per heavy atom. The first-order valence-corrected chi connectivity index (χ1v) is 8.60. The minimum atomic E-state index is -0.409. The molecule has 0 aromatic carbocycles. The summed E-state index contributed by atoms with van der Waals surface area (Å²) in [4.78, 5) is 16.6. The molecule has 0 bridgehead atoms. The highest BCUT2D eigenvalue weighted by Gasteiger charge is 2.31. The van der Waals surface area contributed by atoms with Gasteiger partial charge in [-0.15, -0.1) is 0 Å². The van der Waals surface area contributed by atoms with Crippen molar-refractivity contribution >= 4 is 6.09 Å². The first-order chi connectivity index (χ1) is 10.4. The van der Waals surface area contributed by atoms with E-state index in [0.29, 0.717) is 12.0 Å². The molecule has 2 aliphatic heterocycles. The SMILES string of the molecule is COCC1CCCN(C2CCN(C(=O)OC(C)(C)C)CC2)C1. The van der Waals surface area contributed by atoms with Crippen molar-refractivity contribution in [2.45, 2.75) is 58.1 Å². The summed E-state index contributed by atoms with van der Waals surface area (Å²) in [5.41, 5.74) is -0.409. The molecule has 1 atom stereocenters. The summed E-state index contributed by atoms with van der Waals surface area (Å²) < 4.78 is 10.8. The van der Waals surface area contributed by atoms with Crippen molar-refractivity contribution in [3.8, 4) is 0 Å². The molecule has 0 spiro atoms. The Hall–Kier alpha value is -0.810. The second-order valence-electron chi connectivity index (χ2n) is 7.66. The van der Waals surface area contributed by atoms with Gasteiger partial charge >= 0.3 is 6.09 Å². The molecule has 2 aliphatic rings. The molecule has 0 saturated carbocycles. The van der Waals surface area contributed by atoms with Gasteiger partial charge in [0.15, 0.2) is 0 Å². The Bertz CT molecular complexity index is 357. The number of rotatable bonds is 3. The van der Waals surface area contributed by atoms with E-state index in [9.17, 15) is 4.79 Å². The average Bonchev–Trinajstić information content (AvgIpc) is 2.46. The molecular weight excluding hydrogens is 280 g/mol. The Balaban J connectivity index is 1.78. The number of likely N-dealkylation sites (tertiary alicyclic amines) is 2. The molecule has 0 aromatic rings. The number of nitrogens with zero attached hydrogens (tertiary/aromatic N) is 2. The molecule has 1 amide bonds. The van der Waals surface area contributed by atoms with Crippen LogP contribution in [0.3, 0.4) is 0 Å². The van der Waals surface area contributed by atoms with Crippen LogP contribution in [0.2, 0.25) is 0 Å². The third-order valence-electron chi connectivity index (χ3n) is 4.59. The second kappa shape index (κ2) is 7.64. The summed E-state index contributed by atoms with van der Waals surface area (Å²) in [6, 6.07) is 0.610. The van der Waals surface area contributed by atoms with Crippen molar-refractivity contribution < 1.29 is 14.3 Å². The Kier molecular flexibility index (Phi) is 6.09. The third-order valence-corrected chi connectivity index (χ3v) is 4.59. The van der Waals surface area contributed by atoms with E-state index >= 15 is 0 Å². The number of amides is 1. The first kappa shape index (κ1) is 17.5. The van der Waals surface area contributed by atoms with Gasteiger partial charge in [-0.3, -0.25) is 4.90 Å². The fourth-order valence-electron chi connectivity index (χ4n) is 3.54. The smallest absolute Gasteiger partial charge is 0.410 e. The summed E-state index contributed by atoms with van der Waals surface area (Å²) in [6.07, 6.45) is 4.49. The summed E-state index contributed by atoms with van der Waals surface area (Å²) in [6.45, 7) is 10.6. The number of carbonyl (C=O) groups excluding carboxylic acids is 1. The van der Waals surface area contributed by atoms with E-state index in [1.807, 2.05) is 25.7 Å². The lowest BCUT2D eigenvalue weighted by molar-refractivity contribution is 0.00794. The highest BCUT2D eigenvalue weighted by molar-refractivity contribution is 5.68. The van der Waals surface area contributed by atoms with Crippen LogP contribution in [0.5, 0.6) is 0 Å². The topological polar surface area (TPSA) is 42.0 Å². The Labute approximate surface area is 134 Å². The third kappa shape index (κ3) is 5.13. The standard InChI is InChI=1S/C17H32N2O3/c1-17(2,3)22-16(20)18-10-7-15(8-11-18)19-9-5-6-14(12-19)13-21-4/h14-15H,5-13H2,1-4H3. The minimum Gasteiger partial charge on any atom is -0.444 e. The quantitative estimate of drug-likeness (QED) is 0.803. The van der Waals surface area contributed by atoms with E-state index in [1.165, 1.54) is 19.4 Å². The number of hydrogen-bond acceptors (Lipinski definition) is 4. The van der Waals surface area contributed by atoms with Gasteiger partial charge in [-0.05, 0) is 58.9 Å². The molecule has 5 nitrogen and oxygen atoms in total. The lowest BCUT2D eigenvalue weighted by atomic mass is 9.94. The first-order valence-electron chi connectivity index (χ1n) is 8.60. The molecule has 22 heavy (non-hydrogen) atoms. The largest absolute Gasteiger partial charge is 0.444 e. The van der Waals surface area contributed by atoms with Crippen molar-refractivity contribution in [2.24, 2.45) is 5.92 Å². The van der Waals surface area contributed by atoms with E-state index in [1.54, 1.807) is 7.11 Å². The molecule has 128 valence electrons. The van der Waals surface area contributed by atoms with Gasteiger partial charge in [0.1, 0.15) is 5.60 Å². The van der Waals surface area contributed by atoms with Gasteiger partial charge in [-0.25, -0.2) is 4.79 Å². The van der Waals surface area contributed by atoms with Crippen molar-refractivity contribution in [3.05, 3.63) is 0 Å². The van der Waals surface area contributed by atoms with Crippen LogP contribution in [0.4, 0.5) is 4.79 Å². The molecule has 0 aromatic heterocycles. The van der Waals surface area contributed by atoms with Crippen molar-refractivity contribution in [1.29, 1.82) is 0 Å². The fourth-order valence-corrected chi connectivity index (χ4v) is 3.54. The van der Waals surface area contributed by atoms with Gasteiger partial charge in [-0.2, -0.15) is 0 Å². The summed E-state index contributed by atoms with van der Waals surface area (Å²) in [7, 11) is 1.79. The van der Waals surface area contributed by atoms with Gasteiger partial charge in [-0.1, -0.05) is 0 Å². The maximum Gasteiger partial charge on any atom is 0.410 e. The van der Waals surface area contributed by atoms with Crippen LogP contribution in [-0.2, 0) is 9.47 Å². The normalized spacial score (nSPS) is 25.3. The van der Waals surface area contributed by atoms with Gasteiger partial charge in [0.25, 0.3) is 0 Å². The number of piperidine rings is 2. The lowest BCUT2D eigenvalue weighted by Gasteiger charge is -2.42. The molecule has 0 N–H and O–H groups in total. The van der Waals surface area contributed by atoms with Crippen LogP contribution in [0.25, 0.3) is 0 Å². The summed E-state index contributed by atoms with van der Waals surface area (Å²) in [5, 5.41) is 0. The van der Waals surface area contributed by atoms with Gasteiger partial charge in [0.05, 0.1) is 6.61 Å². The molecular formula is C17H32N2O3. The minimum absolute atomic E-state index is 0.165. The predicted octanol–water partition coefficient (Wildman–Crippen LogP) is 2.74. The van der Waals surface area contributed by atoms with E-state index in [4.69, 9.17) is 9.47 Å². The molecule has 2 fully saturated rings. The van der Waals surface area contributed by atoms with Crippen LogP contribution < -0.4 is 0 Å². The number of hydrogen-bond donors (Lipinski definition) is 0. The van der Waals surface area contributed by atoms with E-state index in [0.717, 1.165) is 39.1 Å². The van der Waals surface area contributed by atoms with Crippen LogP contribution in [0, 0.1) is 5.92 Å². The predicted molar refractivity (Wildman–Crippen MR) is 87.0 cm³/mol. The Morgan fingerprint density at radius 3 is 2.41 bits per heavy atom. The van der Waals surface area contributed by atoms with Crippen LogP contribution in [0.15, 0.2) is 0 Å². The van der Waals surface area contributed by atoms with Crippen molar-refractivity contribution in [2.75, 3.05) is 39.9 Å². The molecule has 0 aliphatic carbocycles. The zero-order valence-corrected chi connectivity index (χ0v) is 14.6. The molecule has 2 heterocycles. The van der Waals surface area contributed by atoms with Crippen LogP contribution in [-0.4, -0.2) is 67.4 Å². The molecule has 5 heteroatoms. The van der Waals surface area contributed by atoms with Crippen molar-refractivity contribution in [3.63, 3.8) is 0 Å². The Morgan fingerprint density at radius 1 is 1.14 bits per heavy atom. The number of methoxy groups -OCH3 is 1. The molecule has 2 saturated heterocycles. The lowest BCUT2D eigenvalue weighted by Crippen LogP contribution is -2.50. The fraction of sp³-hybridized carbons (Fsp3) is 0.941. The van der Waals surface area contributed by atoms with E-state index in [2.05, 4.69) is 4.90 Å². The van der Waals surface area contributed by atoms with Crippen LogP contribution >= 0.6 is 0 Å². The second-order valence-corrected chi connectivity index (χ2v) is 7.66. The highest BCUT2D eigenvalue weighted by atomic mass is 16.6.